The summed E-state index contributed by atoms with van der Waals surface area (Å²) in [4.78, 5) is 17.0. The Morgan fingerprint density at radius 3 is 2.64 bits per heavy atom. The highest BCUT2D eigenvalue weighted by Crippen LogP contribution is 2.15. The first kappa shape index (κ1) is 22.6. The van der Waals surface area contributed by atoms with Gasteiger partial charge in [-0.25, -0.2) is 0 Å². The first-order chi connectivity index (χ1) is 13.4. The molecule has 1 aromatic carbocycles. The smallest absolute Gasteiger partial charge is 0.254 e. The Bertz CT molecular complexity index is 593. The second-order valence-corrected chi connectivity index (χ2v) is 7.54. The Morgan fingerprint density at radius 1 is 1.32 bits per heavy atom. The van der Waals surface area contributed by atoms with Crippen molar-refractivity contribution in [2.75, 3.05) is 60.2 Å². The molecule has 1 aromatic rings. The topological polar surface area (TPSA) is 71.5 Å². The van der Waals surface area contributed by atoms with E-state index in [0.29, 0.717) is 45.0 Å². The maximum atomic E-state index is 13.0. The lowest BCUT2D eigenvalue weighted by Gasteiger charge is -2.37. The summed E-state index contributed by atoms with van der Waals surface area (Å²) in [6, 6.07) is 7.11. The van der Waals surface area contributed by atoms with Crippen LogP contribution in [0.25, 0.3) is 0 Å². The van der Waals surface area contributed by atoms with Crippen molar-refractivity contribution < 1.29 is 24.1 Å². The van der Waals surface area contributed by atoms with Crippen molar-refractivity contribution >= 4 is 5.91 Å². The molecule has 1 aliphatic rings. The molecule has 0 spiro atoms. The molecule has 28 heavy (non-hydrogen) atoms. The average Bonchev–Trinajstić information content (AvgIpc) is 2.70. The summed E-state index contributed by atoms with van der Waals surface area (Å²) in [5, 5.41) is 10.2. The molecule has 1 saturated heterocycles. The van der Waals surface area contributed by atoms with E-state index in [1.54, 1.807) is 43.4 Å². The van der Waals surface area contributed by atoms with Gasteiger partial charge >= 0.3 is 0 Å². The SMILES string of the molecule is COCCN(C[C@@H]1CN(C[C@H](O)C(C)C)CCO1)C(=O)c1ccc(OC)cc1. The van der Waals surface area contributed by atoms with Crippen molar-refractivity contribution in [2.24, 2.45) is 5.92 Å². The minimum Gasteiger partial charge on any atom is -0.497 e. The van der Waals surface area contributed by atoms with Gasteiger partial charge in [-0.1, -0.05) is 13.8 Å². The van der Waals surface area contributed by atoms with Gasteiger partial charge in [-0.3, -0.25) is 9.69 Å². The van der Waals surface area contributed by atoms with Crippen LogP contribution >= 0.6 is 0 Å². The van der Waals surface area contributed by atoms with Crippen molar-refractivity contribution in [1.82, 2.24) is 9.80 Å². The van der Waals surface area contributed by atoms with Crippen LogP contribution < -0.4 is 4.74 Å². The molecular formula is C21H34N2O5. The van der Waals surface area contributed by atoms with E-state index in [0.717, 1.165) is 12.3 Å². The fourth-order valence-electron chi connectivity index (χ4n) is 3.17. The van der Waals surface area contributed by atoms with E-state index < -0.39 is 0 Å². The molecule has 1 heterocycles. The number of aliphatic hydroxyl groups excluding tert-OH is 1. The number of amides is 1. The minimum absolute atomic E-state index is 0.0531. The lowest BCUT2D eigenvalue weighted by molar-refractivity contribution is -0.0551. The Morgan fingerprint density at radius 2 is 2.04 bits per heavy atom. The second-order valence-electron chi connectivity index (χ2n) is 7.54. The van der Waals surface area contributed by atoms with Crippen molar-refractivity contribution in [3.8, 4) is 5.75 Å². The first-order valence-corrected chi connectivity index (χ1v) is 9.88. The molecular weight excluding hydrogens is 360 g/mol. The van der Waals surface area contributed by atoms with Crippen LogP contribution in [0.5, 0.6) is 5.75 Å². The maximum Gasteiger partial charge on any atom is 0.254 e. The lowest BCUT2D eigenvalue weighted by Crippen LogP contribution is -2.51. The van der Waals surface area contributed by atoms with Crippen molar-refractivity contribution in [3.63, 3.8) is 0 Å². The molecule has 1 aliphatic heterocycles. The molecule has 2 rings (SSSR count). The van der Waals surface area contributed by atoms with E-state index in [1.165, 1.54) is 0 Å². The van der Waals surface area contributed by atoms with E-state index in [4.69, 9.17) is 14.2 Å². The highest BCUT2D eigenvalue weighted by atomic mass is 16.5. The summed E-state index contributed by atoms with van der Waals surface area (Å²) in [7, 11) is 3.23. The minimum atomic E-state index is -0.357. The maximum absolute atomic E-state index is 13.0. The van der Waals surface area contributed by atoms with Crippen LogP contribution in [0.15, 0.2) is 24.3 Å². The zero-order valence-corrected chi connectivity index (χ0v) is 17.5. The standard InChI is InChI=1S/C21H34N2O5/c1-16(2)20(24)15-22-9-12-28-19(13-22)14-23(10-11-26-3)21(25)17-5-7-18(27-4)8-6-17/h5-8,16,19-20,24H,9-15H2,1-4H3/t19-,20-/m0/s1. The molecule has 0 aromatic heterocycles. The molecule has 2 atom stereocenters. The number of morpholine rings is 1. The molecule has 1 amide bonds. The summed E-state index contributed by atoms with van der Waals surface area (Å²) in [5.74, 6) is 0.883. The predicted octanol–water partition coefficient (Wildman–Crippen LogP) is 1.50. The van der Waals surface area contributed by atoms with Gasteiger partial charge in [0.05, 0.1) is 32.5 Å². The van der Waals surface area contributed by atoms with Crippen LogP contribution in [0.4, 0.5) is 0 Å². The number of carbonyl (C=O) groups excluding carboxylic acids is 1. The summed E-state index contributed by atoms with van der Waals surface area (Å²) in [6.45, 7) is 8.20. The lowest BCUT2D eigenvalue weighted by atomic mass is 10.1. The predicted molar refractivity (Wildman–Crippen MR) is 108 cm³/mol. The molecule has 0 aliphatic carbocycles. The van der Waals surface area contributed by atoms with Crippen LogP contribution in [-0.2, 0) is 9.47 Å². The molecule has 158 valence electrons. The van der Waals surface area contributed by atoms with Crippen LogP contribution in [0.1, 0.15) is 24.2 Å². The van der Waals surface area contributed by atoms with Crippen molar-refractivity contribution in [3.05, 3.63) is 29.8 Å². The Labute approximate surface area is 168 Å². The second kappa shape index (κ2) is 11.4. The van der Waals surface area contributed by atoms with Gasteiger partial charge in [0.15, 0.2) is 0 Å². The largest absolute Gasteiger partial charge is 0.497 e. The Hall–Kier alpha value is -1.67. The zero-order chi connectivity index (χ0) is 20.5. The molecule has 0 saturated carbocycles. The summed E-state index contributed by atoms with van der Waals surface area (Å²) >= 11 is 0. The van der Waals surface area contributed by atoms with Gasteiger partial charge in [-0.15, -0.1) is 0 Å². The van der Waals surface area contributed by atoms with E-state index in [1.807, 2.05) is 13.8 Å². The fraction of sp³-hybridized carbons (Fsp3) is 0.667. The molecule has 0 bridgehead atoms. The zero-order valence-electron chi connectivity index (χ0n) is 17.5. The monoisotopic (exact) mass is 394 g/mol. The quantitative estimate of drug-likeness (QED) is 0.649. The number of ether oxygens (including phenoxy) is 3. The number of hydrogen-bond donors (Lipinski definition) is 1. The van der Waals surface area contributed by atoms with Gasteiger partial charge in [0, 0.05) is 45.4 Å². The molecule has 1 N–H and O–H groups in total. The summed E-state index contributed by atoms with van der Waals surface area (Å²) in [5.41, 5.74) is 0.611. The third kappa shape index (κ3) is 6.74. The molecule has 7 nitrogen and oxygen atoms in total. The number of benzene rings is 1. The molecule has 1 fully saturated rings. The average molecular weight is 395 g/mol. The van der Waals surface area contributed by atoms with E-state index in [9.17, 15) is 9.90 Å². The van der Waals surface area contributed by atoms with Gasteiger partial charge in [0.2, 0.25) is 0 Å². The molecule has 0 radical (unpaired) electrons. The van der Waals surface area contributed by atoms with Gasteiger partial charge in [0.25, 0.3) is 5.91 Å². The molecule has 0 unspecified atom stereocenters. The highest BCUT2D eigenvalue weighted by molar-refractivity contribution is 5.94. The van der Waals surface area contributed by atoms with Crippen LogP contribution in [0.3, 0.4) is 0 Å². The number of hydrogen-bond acceptors (Lipinski definition) is 6. The number of nitrogens with zero attached hydrogens (tertiary/aromatic N) is 2. The number of β-amino-alcohol motifs (C(OH)–C–C–N with tert-alkyl or cyclic N) is 1. The third-order valence-electron chi connectivity index (χ3n) is 5.05. The molecule has 7 heteroatoms. The Kier molecular flexibility index (Phi) is 9.18. The van der Waals surface area contributed by atoms with E-state index >= 15 is 0 Å². The van der Waals surface area contributed by atoms with Gasteiger partial charge in [-0.2, -0.15) is 0 Å². The van der Waals surface area contributed by atoms with Gasteiger partial charge < -0.3 is 24.2 Å². The first-order valence-electron chi connectivity index (χ1n) is 9.88. The van der Waals surface area contributed by atoms with Crippen LogP contribution in [-0.4, -0.2) is 93.2 Å². The van der Waals surface area contributed by atoms with Crippen molar-refractivity contribution in [1.29, 1.82) is 0 Å². The highest BCUT2D eigenvalue weighted by Gasteiger charge is 2.27. The van der Waals surface area contributed by atoms with E-state index in [-0.39, 0.29) is 24.0 Å². The Balaban J connectivity index is 2.00. The third-order valence-corrected chi connectivity index (χ3v) is 5.05. The van der Waals surface area contributed by atoms with Crippen molar-refractivity contribution in [2.45, 2.75) is 26.1 Å². The van der Waals surface area contributed by atoms with Gasteiger partial charge in [-0.05, 0) is 30.2 Å². The van der Waals surface area contributed by atoms with E-state index in [2.05, 4.69) is 4.90 Å². The number of methoxy groups -OCH3 is 2. The normalized spacial score (nSPS) is 18.9. The van der Waals surface area contributed by atoms with Gasteiger partial charge in [0.1, 0.15) is 5.75 Å². The summed E-state index contributed by atoms with van der Waals surface area (Å²) < 4.78 is 16.3. The fourth-order valence-corrected chi connectivity index (χ4v) is 3.17. The number of rotatable bonds is 10. The van der Waals surface area contributed by atoms with Crippen LogP contribution in [0, 0.1) is 5.92 Å². The summed E-state index contributed by atoms with van der Waals surface area (Å²) in [6.07, 6.45) is -0.448. The number of aliphatic hydroxyl groups is 1. The van der Waals surface area contributed by atoms with Crippen LogP contribution in [0.2, 0.25) is 0 Å². The number of carbonyl (C=O) groups is 1.